The Morgan fingerprint density at radius 2 is 1.88 bits per heavy atom. The molecule has 0 bridgehead atoms. The monoisotopic (exact) mass is 361 g/mol. The summed E-state index contributed by atoms with van der Waals surface area (Å²) in [6.07, 6.45) is 2.67. The van der Waals surface area contributed by atoms with E-state index in [0.717, 1.165) is 45.6 Å². The number of piperazine rings is 1. The third-order valence-electron chi connectivity index (χ3n) is 4.82. The minimum absolute atomic E-state index is 0.114. The van der Waals surface area contributed by atoms with Crippen LogP contribution in [0.2, 0.25) is 0 Å². The average molecular weight is 361 g/mol. The van der Waals surface area contributed by atoms with Crippen LogP contribution in [-0.4, -0.2) is 67.7 Å². The molecule has 1 aromatic carbocycles. The number of fused-ring (bicyclic) bond motifs is 1. The third kappa shape index (κ3) is 4.66. The van der Waals surface area contributed by atoms with Gasteiger partial charge in [0.1, 0.15) is 0 Å². The lowest BCUT2D eigenvalue weighted by Crippen LogP contribution is -2.50. The van der Waals surface area contributed by atoms with Crippen molar-refractivity contribution in [3.05, 3.63) is 23.8 Å². The van der Waals surface area contributed by atoms with Gasteiger partial charge in [0.25, 0.3) is 5.91 Å². The number of nitrogens with zero attached hydrogens (tertiary/aromatic N) is 2. The van der Waals surface area contributed by atoms with Crippen molar-refractivity contribution >= 4 is 11.8 Å². The summed E-state index contributed by atoms with van der Waals surface area (Å²) in [5, 5.41) is 2.94. The largest absolute Gasteiger partial charge is 0.454 e. The van der Waals surface area contributed by atoms with Crippen LogP contribution in [0, 0.1) is 0 Å². The van der Waals surface area contributed by atoms with Crippen molar-refractivity contribution < 1.29 is 19.1 Å². The van der Waals surface area contributed by atoms with E-state index in [0.29, 0.717) is 30.0 Å². The second-order valence-electron chi connectivity index (χ2n) is 6.65. The number of hydrogen-bond acceptors (Lipinski definition) is 5. The SMILES string of the molecule is CCCCC(=O)N1CCN(CCNC(=O)c2ccc3c(c2)OCO3)CC1. The zero-order valence-corrected chi connectivity index (χ0v) is 15.3. The molecule has 0 aromatic heterocycles. The predicted octanol–water partition coefficient (Wildman–Crippen LogP) is 1.48. The molecular formula is C19H27N3O4. The molecule has 0 unspecified atom stereocenters. The molecule has 1 N–H and O–H groups in total. The topological polar surface area (TPSA) is 71.1 Å². The van der Waals surface area contributed by atoms with Gasteiger partial charge < -0.3 is 19.7 Å². The van der Waals surface area contributed by atoms with Gasteiger partial charge >= 0.3 is 0 Å². The fourth-order valence-corrected chi connectivity index (χ4v) is 3.17. The summed E-state index contributed by atoms with van der Waals surface area (Å²) >= 11 is 0. The van der Waals surface area contributed by atoms with Gasteiger partial charge in [-0.1, -0.05) is 13.3 Å². The van der Waals surface area contributed by atoms with Gasteiger partial charge in [-0.3, -0.25) is 14.5 Å². The summed E-state index contributed by atoms with van der Waals surface area (Å²) < 4.78 is 10.6. The zero-order chi connectivity index (χ0) is 18.4. The Labute approximate surface area is 154 Å². The van der Waals surface area contributed by atoms with Crippen molar-refractivity contribution in [1.82, 2.24) is 15.1 Å². The first-order chi connectivity index (χ1) is 12.7. The number of hydrogen-bond donors (Lipinski definition) is 1. The number of ether oxygens (including phenoxy) is 2. The van der Waals surface area contributed by atoms with Crippen molar-refractivity contribution in [2.75, 3.05) is 46.1 Å². The van der Waals surface area contributed by atoms with Gasteiger partial charge in [0, 0.05) is 51.3 Å². The van der Waals surface area contributed by atoms with Crippen molar-refractivity contribution in [1.29, 1.82) is 0 Å². The van der Waals surface area contributed by atoms with Crippen molar-refractivity contribution in [2.24, 2.45) is 0 Å². The summed E-state index contributed by atoms with van der Waals surface area (Å²) in [4.78, 5) is 28.5. The number of rotatable bonds is 7. The maximum atomic E-state index is 12.2. The molecule has 0 saturated carbocycles. The van der Waals surface area contributed by atoms with Gasteiger partial charge in [0.15, 0.2) is 11.5 Å². The van der Waals surface area contributed by atoms with Gasteiger partial charge in [-0.05, 0) is 24.6 Å². The molecule has 0 spiro atoms. The molecule has 2 aliphatic heterocycles. The number of carbonyl (C=O) groups is 2. The highest BCUT2D eigenvalue weighted by Crippen LogP contribution is 2.32. The fourth-order valence-electron chi connectivity index (χ4n) is 3.17. The first-order valence-corrected chi connectivity index (χ1v) is 9.35. The van der Waals surface area contributed by atoms with Crippen LogP contribution in [0.3, 0.4) is 0 Å². The van der Waals surface area contributed by atoms with Crippen molar-refractivity contribution in [3.63, 3.8) is 0 Å². The van der Waals surface area contributed by atoms with Gasteiger partial charge in [-0.2, -0.15) is 0 Å². The smallest absolute Gasteiger partial charge is 0.251 e. The first-order valence-electron chi connectivity index (χ1n) is 9.35. The Balaban J connectivity index is 1.36. The van der Waals surface area contributed by atoms with Crippen LogP contribution in [0.1, 0.15) is 36.5 Å². The highest BCUT2D eigenvalue weighted by atomic mass is 16.7. The molecule has 0 atom stereocenters. The van der Waals surface area contributed by atoms with E-state index in [1.165, 1.54) is 0 Å². The van der Waals surface area contributed by atoms with E-state index in [-0.39, 0.29) is 18.6 Å². The number of carbonyl (C=O) groups excluding carboxylic acids is 2. The van der Waals surface area contributed by atoms with E-state index < -0.39 is 0 Å². The Morgan fingerprint density at radius 3 is 2.65 bits per heavy atom. The van der Waals surface area contributed by atoms with Gasteiger partial charge in [0.05, 0.1) is 0 Å². The normalized spacial score (nSPS) is 16.6. The maximum absolute atomic E-state index is 12.2. The highest BCUT2D eigenvalue weighted by molar-refractivity contribution is 5.94. The molecule has 3 rings (SSSR count). The predicted molar refractivity (Wildman–Crippen MR) is 97.4 cm³/mol. The molecule has 1 aromatic rings. The standard InChI is InChI=1S/C19H27N3O4/c1-2-3-4-18(23)22-11-9-21(10-12-22)8-7-20-19(24)15-5-6-16-17(13-15)26-14-25-16/h5-6,13H,2-4,7-12,14H2,1H3,(H,20,24). The lowest BCUT2D eigenvalue weighted by Gasteiger charge is -2.34. The Bertz CT molecular complexity index is 642. The van der Waals surface area contributed by atoms with Crippen molar-refractivity contribution in [3.8, 4) is 11.5 Å². The van der Waals surface area contributed by atoms with Crippen molar-refractivity contribution in [2.45, 2.75) is 26.2 Å². The molecule has 7 heteroatoms. The molecule has 2 heterocycles. The second-order valence-corrected chi connectivity index (χ2v) is 6.65. The van der Waals surface area contributed by atoms with E-state index in [4.69, 9.17) is 9.47 Å². The van der Waals surface area contributed by atoms with Crippen LogP contribution in [-0.2, 0) is 4.79 Å². The zero-order valence-electron chi connectivity index (χ0n) is 15.3. The molecule has 1 saturated heterocycles. The van der Waals surface area contributed by atoms with E-state index in [1.54, 1.807) is 18.2 Å². The minimum atomic E-state index is -0.114. The lowest BCUT2D eigenvalue weighted by atomic mass is 10.2. The number of unbranched alkanes of at least 4 members (excludes halogenated alkanes) is 1. The van der Waals surface area contributed by atoms with Gasteiger partial charge in [0.2, 0.25) is 12.7 Å². The van der Waals surface area contributed by atoms with E-state index in [1.807, 2.05) is 4.90 Å². The molecule has 1 fully saturated rings. The van der Waals surface area contributed by atoms with E-state index in [9.17, 15) is 9.59 Å². The minimum Gasteiger partial charge on any atom is -0.454 e. The molecule has 0 radical (unpaired) electrons. The van der Waals surface area contributed by atoms with E-state index in [2.05, 4.69) is 17.1 Å². The Kier molecular flexibility index (Phi) is 6.33. The van der Waals surface area contributed by atoms with Gasteiger partial charge in [-0.25, -0.2) is 0 Å². The van der Waals surface area contributed by atoms with Gasteiger partial charge in [-0.15, -0.1) is 0 Å². The van der Waals surface area contributed by atoms with E-state index >= 15 is 0 Å². The molecule has 2 aliphatic rings. The summed E-state index contributed by atoms with van der Waals surface area (Å²) in [6.45, 7) is 6.94. The molecule has 2 amide bonds. The Morgan fingerprint density at radius 1 is 1.12 bits per heavy atom. The van der Waals surface area contributed by atoms with Crippen LogP contribution >= 0.6 is 0 Å². The Hall–Kier alpha value is -2.28. The van der Waals surface area contributed by atoms with Crippen LogP contribution < -0.4 is 14.8 Å². The average Bonchev–Trinajstić information content (AvgIpc) is 3.14. The van der Waals surface area contributed by atoms with Crippen LogP contribution in [0.5, 0.6) is 11.5 Å². The summed E-state index contributed by atoms with van der Waals surface area (Å²) in [5.74, 6) is 1.44. The van der Waals surface area contributed by atoms with Crippen LogP contribution in [0.4, 0.5) is 0 Å². The summed E-state index contributed by atoms with van der Waals surface area (Å²) in [5.41, 5.74) is 0.570. The molecule has 142 valence electrons. The number of amides is 2. The summed E-state index contributed by atoms with van der Waals surface area (Å²) in [7, 11) is 0. The summed E-state index contributed by atoms with van der Waals surface area (Å²) in [6, 6.07) is 5.20. The van der Waals surface area contributed by atoms with Crippen LogP contribution in [0.25, 0.3) is 0 Å². The second kappa shape index (κ2) is 8.89. The molecule has 0 aliphatic carbocycles. The number of nitrogens with one attached hydrogen (secondary N) is 1. The third-order valence-corrected chi connectivity index (χ3v) is 4.82. The molecule has 7 nitrogen and oxygen atoms in total. The quantitative estimate of drug-likeness (QED) is 0.797. The molecular weight excluding hydrogens is 334 g/mol. The maximum Gasteiger partial charge on any atom is 0.251 e. The van der Waals surface area contributed by atoms with Crippen LogP contribution in [0.15, 0.2) is 18.2 Å². The fraction of sp³-hybridized carbons (Fsp3) is 0.579. The molecule has 26 heavy (non-hydrogen) atoms. The first kappa shape index (κ1) is 18.5. The highest BCUT2D eigenvalue weighted by Gasteiger charge is 2.20. The number of benzene rings is 1. The lowest BCUT2D eigenvalue weighted by molar-refractivity contribution is -0.133.